The second-order valence-corrected chi connectivity index (χ2v) is 4.18. The smallest absolute Gasteiger partial charge is 0.339 e. The Balaban J connectivity index is 2.02. The minimum atomic E-state index is -0.591. The van der Waals surface area contributed by atoms with Gasteiger partial charge < -0.3 is 14.7 Å². The summed E-state index contributed by atoms with van der Waals surface area (Å²) in [4.78, 5) is 24.5. The van der Waals surface area contributed by atoms with Gasteiger partial charge in [0.1, 0.15) is 5.57 Å². The van der Waals surface area contributed by atoms with E-state index in [0.29, 0.717) is 12.5 Å². The average Bonchev–Trinajstić information content (AvgIpc) is 3.01. The van der Waals surface area contributed by atoms with Crippen LogP contribution in [0.5, 0.6) is 0 Å². The monoisotopic (exact) mass is 225 g/mol. The number of carbonyl (C=O) groups is 2. The standard InChI is InChI=1S/C11H15NO4/c1-2-16-11(15)8-6-12(5-7-3-4-7)10(14)9(8)13/h7,13H,2-6H2,1H3. The SMILES string of the molecule is CCOC(=O)C1=C(O)C(=O)N(CC2CC2)C1. The summed E-state index contributed by atoms with van der Waals surface area (Å²) in [6.07, 6.45) is 2.25. The molecule has 2 rings (SSSR count). The van der Waals surface area contributed by atoms with Crippen LogP contribution in [0.2, 0.25) is 0 Å². The van der Waals surface area contributed by atoms with Gasteiger partial charge in [0.2, 0.25) is 0 Å². The fourth-order valence-electron chi connectivity index (χ4n) is 1.76. The first-order valence-electron chi connectivity index (χ1n) is 5.52. The van der Waals surface area contributed by atoms with E-state index in [2.05, 4.69) is 0 Å². The van der Waals surface area contributed by atoms with Gasteiger partial charge in [0, 0.05) is 6.54 Å². The lowest BCUT2D eigenvalue weighted by molar-refractivity contribution is -0.138. The summed E-state index contributed by atoms with van der Waals surface area (Å²) in [6.45, 7) is 2.74. The van der Waals surface area contributed by atoms with Crippen molar-refractivity contribution in [2.45, 2.75) is 19.8 Å². The van der Waals surface area contributed by atoms with Crippen LogP contribution in [0.4, 0.5) is 0 Å². The van der Waals surface area contributed by atoms with Crippen LogP contribution in [0.15, 0.2) is 11.3 Å². The molecule has 0 atom stereocenters. The molecule has 0 spiro atoms. The molecule has 88 valence electrons. The van der Waals surface area contributed by atoms with Crippen molar-refractivity contribution in [2.75, 3.05) is 19.7 Å². The first kappa shape index (κ1) is 11.0. The van der Waals surface area contributed by atoms with E-state index < -0.39 is 17.6 Å². The molecule has 0 saturated heterocycles. The summed E-state index contributed by atoms with van der Waals surface area (Å²) in [5.74, 6) is -0.945. The van der Waals surface area contributed by atoms with Gasteiger partial charge in [0.05, 0.1) is 13.2 Å². The van der Waals surface area contributed by atoms with Gasteiger partial charge in [0.15, 0.2) is 5.76 Å². The molecular weight excluding hydrogens is 210 g/mol. The van der Waals surface area contributed by atoms with Gasteiger partial charge in [-0.3, -0.25) is 4.79 Å². The molecule has 2 aliphatic rings. The van der Waals surface area contributed by atoms with Crippen molar-refractivity contribution in [2.24, 2.45) is 5.92 Å². The maximum atomic E-state index is 11.6. The van der Waals surface area contributed by atoms with Crippen molar-refractivity contribution in [3.63, 3.8) is 0 Å². The Morgan fingerprint density at radius 1 is 1.56 bits per heavy atom. The first-order valence-corrected chi connectivity index (χ1v) is 5.52. The molecule has 0 bridgehead atoms. The Morgan fingerprint density at radius 2 is 2.25 bits per heavy atom. The summed E-state index contributed by atoms with van der Waals surface area (Å²) in [7, 11) is 0. The summed E-state index contributed by atoms with van der Waals surface area (Å²) in [5.41, 5.74) is 0.0903. The van der Waals surface area contributed by atoms with Crippen molar-refractivity contribution >= 4 is 11.9 Å². The molecular formula is C11H15NO4. The first-order chi connectivity index (χ1) is 7.63. The molecule has 0 radical (unpaired) electrons. The topological polar surface area (TPSA) is 66.8 Å². The molecule has 1 saturated carbocycles. The van der Waals surface area contributed by atoms with Gasteiger partial charge in [-0.15, -0.1) is 0 Å². The molecule has 1 fully saturated rings. The number of hydrogen-bond acceptors (Lipinski definition) is 4. The van der Waals surface area contributed by atoms with Crippen LogP contribution in [-0.4, -0.2) is 41.6 Å². The number of nitrogens with zero attached hydrogens (tertiary/aromatic N) is 1. The largest absolute Gasteiger partial charge is 0.503 e. The highest BCUT2D eigenvalue weighted by molar-refractivity contribution is 6.05. The van der Waals surface area contributed by atoms with Gasteiger partial charge in [0.25, 0.3) is 5.91 Å². The average molecular weight is 225 g/mol. The molecule has 1 aliphatic carbocycles. The highest BCUT2D eigenvalue weighted by Crippen LogP contribution is 2.31. The summed E-state index contributed by atoms with van der Waals surface area (Å²) < 4.78 is 4.78. The van der Waals surface area contributed by atoms with Crippen LogP contribution < -0.4 is 0 Å². The van der Waals surface area contributed by atoms with E-state index in [9.17, 15) is 14.7 Å². The van der Waals surface area contributed by atoms with E-state index >= 15 is 0 Å². The normalized spacial score (nSPS) is 20.6. The van der Waals surface area contributed by atoms with Crippen molar-refractivity contribution in [3.05, 3.63) is 11.3 Å². The fourth-order valence-corrected chi connectivity index (χ4v) is 1.76. The van der Waals surface area contributed by atoms with Crippen molar-refractivity contribution < 1.29 is 19.4 Å². The molecule has 1 amide bonds. The van der Waals surface area contributed by atoms with E-state index in [1.807, 2.05) is 0 Å². The highest BCUT2D eigenvalue weighted by atomic mass is 16.5. The molecule has 16 heavy (non-hydrogen) atoms. The quantitative estimate of drug-likeness (QED) is 0.712. The third-order valence-corrected chi connectivity index (χ3v) is 2.82. The number of aliphatic hydroxyl groups is 1. The minimum absolute atomic E-state index is 0.0903. The number of carbonyl (C=O) groups excluding carboxylic acids is 2. The van der Waals surface area contributed by atoms with E-state index in [0.717, 1.165) is 12.8 Å². The van der Waals surface area contributed by atoms with Crippen LogP contribution >= 0.6 is 0 Å². The molecule has 0 aromatic rings. The number of amides is 1. The lowest BCUT2D eigenvalue weighted by atomic mass is 10.2. The van der Waals surface area contributed by atoms with Crippen LogP contribution in [0.25, 0.3) is 0 Å². The summed E-state index contributed by atoms with van der Waals surface area (Å²) in [5, 5.41) is 9.55. The number of ether oxygens (including phenoxy) is 1. The predicted molar refractivity (Wildman–Crippen MR) is 55.6 cm³/mol. The van der Waals surface area contributed by atoms with Gasteiger partial charge >= 0.3 is 5.97 Å². The Morgan fingerprint density at radius 3 is 2.81 bits per heavy atom. The van der Waals surface area contributed by atoms with E-state index in [4.69, 9.17) is 4.74 Å². The Kier molecular flexibility index (Phi) is 2.85. The second-order valence-electron chi connectivity index (χ2n) is 4.18. The number of hydrogen-bond donors (Lipinski definition) is 1. The molecule has 0 aromatic carbocycles. The van der Waals surface area contributed by atoms with Gasteiger partial charge in [-0.05, 0) is 25.7 Å². The zero-order chi connectivity index (χ0) is 11.7. The lowest BCUT2D eigenvalue weighted by Gasteiger charge is -2.14. The van der Waals surface area contributed by atoms with E-state index in [-0.39, 0.29) is 18.7 Å². The van der Waals surface area contributed by atoms with Gasteiger partial charge in [-0.1, -0.05) is 0 Å². The molecule has 0 aromatic heterocycles. The summed E-state index contributed by atoms with van der Waals surface area (Å²) >= 11 is 0. The highest BCUT2D eigenvalue weighted by Gasteiger charge is 2.37. The zero-order valence-corrected chi connectivity index (χ0v) is 9.23. The number of rotatable bonds is 4. The third kappa shape index (κ3) is 2.03. The minimum Gasteiger partial charge on any atom is -0.503 e. The molecule has 5 heteroatoms. The Hall–Kier alpha value is -1.52. The molecule has 5 nitrogen and oxygen atoms in total. The zero-order valence-electron chi connectivity index (χ0n) is 9.23. The van der Waals surface area contributed by atoms with Gasteiger partial charge in [-0.2, -0.15) is 0 Å². The fraction of sp³-hybridized carbons (Fsp3) is 0.636. The third-order valence-electron chi connectivity index (χ3n) is 2.82. The molecule has 1 heterocycles. The predicted octanol–water partition coefficient (Wildman–Crippen LogP) is 0.614. The van der Waals surface area contributed by atoms with Crippen LogP contribution in [0.3, 0.4) is 0 Å². The van der Waals surface area contributed by atoms with Crippen molar-refractivity contribution in [1.29, 1.82) is 0 Å². The molecule has 0 unspecified atom stereocenters. The second kappa shape index (κ2) is 4.15. The molecule has 1 N–H and O–H groups in total. The lowest BCUT2D eigenvalue weighted by Crippen LogP contribution is -2.29. The van der Waals surface area contributed by atoms with Gasteiger partial charge in [-0.25, -0.2) is 4.79 Å². The Labute approximate surface area is 93.7 Å². The van der Waals surface area contributed by atoms with E-state index in [1.165, 1.54) is 4.90 Å². The maximum Gasteiger partial charge on any atom is 0.339 e. The maximum absolute atomic E-state index is 11.6. The van der Waals surface area contributed by atoms with Crippen molar-refractivity contribution in [1.82, 2.24) is 4.90 Å². The number of esters is 1. The van der Waals surface area contributed by atoms with E-state index in [1.54, 1.807) is 6.92 Å². The van der Waals surface area contributed by atoms with Crippen LogP contribution in [0, 0.1) is 5.92 Å². The molecule has 1 aliphatic heterocycles. The van der Waals surface area contributed by atoms with Crippen LogP contribution in [-0.2, 0) is 14.3 Å². The summed E-state index contributed by atoms with van der Waals surface area (Å²) in [6, 6.07) is 0. The Bertz CT molecular complexity index is 357. The number of aliphatic hydroxyl groups excluding tert-OH is 1. The van der Waals surface area contributed by atoms with Crippen molar-refractivity contribution in [3.8, 4) is 0 Å². The van der Waals surface area contributed by atoms with Crippen LogP contribution in [0.1, 0.15) is 19.8 Å².